The van der Waals surface area contributed by atoms with Crippen LogP contribution in [-0.4, -0.2) is 37.7 Å². The molecule has 0 spiro atoms. The number of rotatable bonds is 1. The van der Waals surface area contributed by atoms with Gasteiger partial charge in [0.05, 0.1) is 18.4 Å². The number of benzene rings is 1. The molecule has 20 heavy (non-hydrogen) atoms. The van der Waals surface area contributed by atoms with Crippen molar-refractivity contribution in [1.82, 2.24) is 5.32 Å². The van der Waals surface area contributed by atoms with E-state index in [4.69, 9.17) is 4.74 Å². The van der Waals surface area contributed by atoms with Crippen molar-refractivity contribution >= 4 is 11.6 Å². The largest absolute Gasteiger partial charge is 0.375 e. The van der Waals surface area contributed by atoms with E-state index >= 15 is 0 Å². The molecule has 1 amide bonds. The molecule has 2 aliphatic rings. The first-order chi connectivity index (χ1) is 9.58. The van der Waals surface area contributed by atoms with Crippen LogP contribution >= 0.6 is 0 Å². The van der Waals surface area contributed by atoms with Crippen molar-refractivity contribution in [2.75, 3.05) is 24.6 Å². The van der Waals surface area contributed by atoms with E-state index in [9.17, 15) is 13.6 Å². The lowest BCUT2D eigenvalue weighted by molar-refractivity contribution is -0.126. The van der Waals surface area contributed by atoms with Crippen LogP contribution in [0, 0.1) is 11.6 Å². The zero-order chi connectivity index (χ0) is 14.3. The van der Waals surface area contributed by atoms with Crippen LogP contribution in [0.15, 0.2) is 12.1 Å². The van der Waals surface area contributed by atoms with Gasteiger partial charge in [-0.15, -0.1) is 0 Å². The number of amides is 1. The summed E-state index contributed by atoms with van der Waals surface area (Å²) in [6, 6.07) is 1.83. The number of carbonyl (C=O) groups is 1. The predicted octanol–water partition coefficient (Wildman–Crippen LogP) is 1.23. The average molecular weight is 282 g/mol. The standard InChI is InChI=1S/C14H16F2N2O2/c1-8-13(17-3-5-20-8)14(19)18-4-2-9-6-10(15)11(16)7-12(9)18/h6-8,13,17H,2-5H2,1H3/t8-,13+/m1/s1. The Balaban J connectivity index is 1.87. The van der Waals surface area contributed by atoms with Gasteiger partial charge in [-0.1, -0.05) is 0 Å². The van der Waals surface area contributed by atoms with Gasteiger partial charge < -0.3 is 15.0 Å². The normalized spacial score (nSPS) is 25.6. The topological polar surface area (TPSA) is 41.6 Å². The molecule has 1 saturated heterocycles. The van der Waals surface area contributed by atoms with Crippen molar-refractivity contribution in [3.05, 3.63) is 29.3 Å². The molecule has 3 rings (SSSR count). The lowest BCUT2D eigenvalue weighted by Crippen LogP contribution is -2.56. The number of halogens is 2. The number of morpholine rings is 1. The molecule has 2 atom stereocenters. The van der Waals surface area contributed by atoms with Crippen LogP contribution in [0.5, 0.6) is 0 Å². The first-order valence-corrected chi connectivity index (χ1v) is 6.72. The van der Waals surface area contributed by atoms with Crippen molar-refractivity contribution in [3.63, 3.8) is 0 Å². The van der Waals surface area contributed by atoms with Crippen LogP contribution in [0.25, 0.3) is 0 Å². The highest BCUT2D eigenvalue weighted by Gasteiger charge is 2.35. The molecule has 0 bridgehead atoms. The lowest BCUT2D eigenvalue weighted by Gasteiger charge is -2.32. The average Bonchev–Trinajstić information content (AvgIpc) is 2.82. The molecule has 2 aliphatic heterocycles. The summed E-state index contributed by atoms with van der Waals surface area (Å²) in [6.07, 6.45) is 0.311. The molecule has 2 heterocycles. The summed E-state index contributed by atoms with van der Waals surface area (Å²) in [7, 11) is 0. The number of carbonyl (C=O) groups excluding carboxylic acids is 1. The Morgan fingerprint density at radius 2 is 2.15 bits per heavy atom. The molecule has 6 heteroatoms. The predicted molar refractivity (Wildman–Crippen MR) is 69.6 cm³/mol. The van der Waals surface area contributed by atoms with Crippen molar-refractivity contribution in [2.45, 2.75) is 25.5 Å². The second-order valence-electron chi connectivity index (χ2n) is 5.14. The first kappa shape index (κ1) is 13.5. The fourth-order valence-electron chi connectivity index (χ4n) is 2.79. The van der Waals surface area contributed by atoms with Crippen molar-refractivity contribution in [3.8, 4) is 0 Å². The van der Waals surface area contributed by atoms with E-state index in [0.29, 0.717) is 37.4 Å². The van der Waals surface area contributed by atoms with E-state index in [1.807, 2.05) is 6.92 Å². The molecule has 1 fully saturated rings. The van der Waals surface area contributed by atoms with Gasteiger partial charge in [0, 0.05) is 19.2 Å². The highest BCUT2D eigenvalue weighted by Crippen LogP contribution is 2.31. The fraction of sp³-hybridized carbons (Fsp3) is 0.500. The van der Waals surface area contributed by atoms with Gasteiger partial charge in [0.25, 0.3) is 0 Å². The van der Waals surface area contributed by atoms with E-state index in [1.54, 1.807) is 0 Å². The van der Waals surface area contributed by atoms with Crippen LogP contribution in [0.1, 0.15) is 12.5 Å². The van der Waals surface area contributed by atoms with Gasteiger partial charge in [-0.2, -0.15) is 0 Å². The molecule has 0 radical (unpaired) electrons. The molecule has 0 aliphatic carbocycles. The van der Waals surface area contributed by atoms with Gasteiger partial charge in [0.15, 0.2) is 11.6 Å². The highest BCUT2D eigenvalue weighted by atomic mass is 19.2. The minimum absolute atomic E-state index is 0.151. The highest BCUT2D eigenvalue weighted by molar-refractivity contribution is 5.99. The molecular weight excluding hydrogens is 266 g/mol. The minimum Gasteiger partial charge on any atom is -0.375 e. The van der Waals surface area contributed by atoms with Gasteiger partial charge >= 0.3 is 0 Å². The minimum atomic E-state index is -0.927. The van der Waals surface area contributed by atoms with Crippen LogP contribution in [0.3, 0.4) is 0 Å². The molecule has 1 N–H and O–H groups in total. The molecule has 1 aromatic carbocycles. The van der Waals surface area contributed by atoms with Gasteiger partial charge in [0.2, 0.25) is 5.91 Å². The molecule has 4 nitrogen and oxygen atoms in total. The summed E-state index contributed by atoms with van der Waals surface area (Å²) < 4.78 is 32.0. The Bertz CT molecular complexity index is 550. The summed E-state index contributed by atoms with van der Waals surface area (Å²) in [5, 5.41) is 3.12. The van der Waals surface area contributed by atoms with Gasteiger partial charge in [-0.05, 0) is 25.0 Å². The van der Waals surface area contributed by atoms with Gasteiger partial charge in [-0.25, -0.2) is 8.78 Å². The molecule has 0 unspecified atom stereocenters. The van der Waals surface area contributed by atoms with Crippen molar-refractivity contribution in [1.29, 1.82) is 0 Å². The third-order valence-electron chi connectivity index (χ3n) is 3.87. The third kappa shape index (κ3) is 2.19. The zero-order valence-corrected chi connectivity index (χ0v) is 11.2. The smallest absolute Gasteiger partial charge is 0.246 e. The molecular formula is C14H16F2N2O2. The quantitative estimate of drug-likeness (QED) is 0.842. The molecule has 1 aromatic rings. The second kappa shape index (κ2) is 5.10. The maximum atomic E-state index is 13.4. The van der Waals surface area contributed by atoms with Crippen molar-refractivity contribution in [2.24, 2.45) is 0 Å². The molecule has 108 valence electrons. The number of hydrogen-bond donors (Lipinski definition) is 1. The monoisotopic (exact) mass is 282 g/mol. The lowest BCUT2D eigenvalue weighted by atomic mass is 10.1. The van der Waals surface area contributed by atoms with E-state index in [1.165, 1.54) is 11.0 Å². The Morgan fingerprint density at radius 1 is 1.40 bits per heavy atom. The maximum Gasteiger partial charge on any atom is 0.246 e. The number of ether oxygens (including phenoxy) is 1. The Labute approximate surface area is 115 Å². The summed E-state index contributed by atoms with van der Waals surface area (Å²) >= 11 is 0. The number of nitrogens with one attached hydrogen (secondary N) is 1. The summed E-state index contributed by atoms with van der Waals surface area (Å²) in [4.78, 5) is 14.1. The Kier molecular flexibility index (Phi) is 3.43. The zero-order valence-electron chi connectivity index (χ0n) is 11.2. The number of fused-ring (bicyclic) bond motifs is 1. The maximum absolute atomic E-state index is 13.4. The number of hydrogen-bond acceptors (Lipinski definition) is 3. The fourth-order valence-corrected chi connectivity index (χ4v) is 2.79. The number of anilines is 1. The Morgan fingerprint density at radius 3 is 2.90 bits per heavy atom. The molecule has 0 aromatic heterocycles. The van der Waals surface area contributed by atoms with E-state index in [2.05, 4.69) is 5.32 Å². The van der Waals surface area contributed by atoms with Crippen molar-refractivity contribution < 1.29 is 18.3 Å². The van der Waals surface area contributed by atoms with E-state index in [-0.39, 0.29) is 12.0 Å². The summed E-state index contributed by atoms with van der Waals surface area (Å²) in [5.41, 5.74) is 1.13. The third-order valence-corrected chi connectivity index (χ3v) is 3.87. The SMILES string of the molecule is C[C@H]1OCCN[C@@H]1C(=O)N1CCc2cc(F)c(F)cc21. The van der Waals surface area contributed by atoms with E-state index < -0.39 is 17.7 Å². The van der Waals surface area contributed by atoms with Crippen LogP contribution in [0.2, 0.25) is 0 Å². The first-order valence-electron chi connectivity index (χ1n) is 6.72. The number of nitrogens with zero attached hydrogens (tertiary/aromatic N) is 1. The summed E-state index contributed by atoms with van der Waals surface area (Å²) in [6.45, 7) is 3.46. The Hall–Kier alpha value is -1.53. The van der Waals surface area contributed by atoms with Gasteiger partial charge in [0.1, 0.15) is 6.04 Å². The van der Waals surface area contributed by atoms with E-state index in [0.717, 1.165) is 6.07 Å². The van der Waals surface area contributed by atoms with Crippen LogP contribution < -0.4 is 10.2 Å². The van der Waals surface area contributed by atoms with Crippen LogP contribution in [0.4, 0.5) is 14.5 Å². The second-order valence-corrected chi connectivity index (χ2v) is 5.14. The summed E-state index contributed by atoms with van der Waals surface area (Å²) in [5.74, 6) is -1.95. The molecule has 0 saturated carbocycles. The van der Waals surface area contributed by atoms with Crippen LogP contribution in [-0.2, 0) is 16.0 Å². The van der Waals surface area contributed by atoms with Gasteiger partial charge in [-0.3, -0.25) is 4.79 Å².